The average Bonchev–Trinajstić information content (AvgIpc) is 3.30. The first kappa shape index (κ1) is 15.3. The summed E-state index contributed by atoms with van der Waals surface area (Å²) in [6.07, 6.45) is 5.74. The molecular formula is C16H27N3O. The Morgan fingerprint density at radius 1 is 1.45 bits per heavy atom. The van der Waals surface area contributed by atoms with E-state index >= 15 is 0 Å². The van der Waals surface area contributed by atoms with Crippen molar-refractivity contribution in [3.05, 3.63) is 23.9 Å². The van der Waals surface area contributed by atoms with Crippen LogP contribution in [0, 0.1) is 0 Å². The number of nitrogens with one attached hydrogen (secondary N) is 1. The molecular weight excluding hydrogens is 250 g/mol. The second kappa shape index (κ2) is 7.60. The van der Waals surface area contributed by atoms with Crippen LogP contribution in [0.1, 0.15) is 44.7 Å². The van der Waals surface area contributed by atoms with Crippen molar-refractivity contribution in [1.82, 2.24) is 15.2 Å². The van der Waals surface area contributed by atoms with Gasteiger partial charge in [0.05, 0.1) is 0 Å². The maximum atomic E-state index is 5.70. The zero-order valence-electron chi connectivity index (χ0n) is 12.9. The predicted molar refractivity (Wildman–Crippen MR) is 82.1 cm³/mol. The minimum atomic E-state index is 0.345. The lowest BCUT2D eigenvalue weighted by atomic mass is 10.1. The zero-order chi connectivity index (χ0) is 14.4. The molecule has 0 aromatic carbocycles. The summed E-state index contributed by atoms with van der Waals surface area (Å²) in [7, 11) is 2.17. The van der Waals surface area contributed by atoms with Crippen molar-refractivity contribution < 1.29 is 4.74 Å². The summed E-state index contributed by atoms with van der Waals surface area (Å²) in [4.78, 5) is 6.75. The second-order valence-corrected chi connectivity index (χ2v) is 5.67. The topological polar surface area (TPSA) is 37.4 Å². The summed E-state index contributed by atoms with van der Waals surface area (Å²) in [6, 6.07) is 5.20. The highest BCUT2D eigenvalue weighted by molar-refractivity contribution is 5.20. The van der Waals surface area contributed by atoms with Crippen LogP contribution in [0.4, 0.5) is 0 Å². The number of aromatic nitrogens is 1. The van der Waals surface area contributed by atoms with Crippen molar-refractivity contribution in [1.29, 1.82) is 0 Å². The molecule has 0 amide bonds. The summed E-state index contributed by atoms with van der Waals surface area (Å²) < 4.78 is 5.70. The van der Waals surface area contributed by atoms with Crippen LogP contribution >= 0.6 is 0 Å². The van der Waals surface area contributed by atoms with E-state index in [1.165, 1.54) is 18.4 Å². The summed E-state index contributed by atoms with van der Waals surface area (Å²) in [5.74, 6) is 0.723. The highest BCUT2D eigenvalue weighted by atomic mass is 16.5. The molecule has 0 spiro atoms. The normalized spacial score (nSPS) is 16.4. The van der Waals surface area contributed by atoms with Gasteiger partial charge in [-0.2, -0.15) is 0 Å². The van der Waals surface area contributed by atoms with Gasteiger partial charge in [-0.25, -0.2) is 4.98 Å². The number of pyridine rings is 1. The third kappa shape index (κ3) is 4.76. The SMILES string of the molecule is CCCNC(C)c1ccc(OCCN(C)C2CC2)nc1. The Kier molecular flexibility index (Phi) is 5.80. The highest BCUT2D eigenvalue weighted by Crippen LogP contribution is 2.24. The number of nitrogens with zero attached hydrogens (tertiary/aromatic N) is 2. The fourth-order valence-electron chi connectivity index (χ4n) is 2.20. The predicted octanol–water partition coefficient (Wildman–Crippen LogP) is 2.62. The Labute approximate surface area is 122 Å². The van der Waals surface area contributed by atoms with E-state index in [0.29, 0.717) is 12.6 Å². The Bertz CT molecular complexity index is 389. The number of likely N-dealkylation sites (N-methyl/N-ethyl adjacent to an activating group) is 1. The third-order valence-corrected chi connectivity index (χ3v) is 3.82. The lowest BCUT2D eigenvalue weighted by Gasteiger charge is -2.16. The zero-order valence-corrected chi connectivity index (χ0v) is 12.9. The summed E-state index contributed by atoms with van der Waals surface area (Å²) in [6.45, 7) is 7.06. The molecule has 1 heterocycles. The molecule has 1 atom stereocenters. The van der Waals surface area contributed by atoms with Crippen LogP contribution in [-0.2, 0) is 0 Å². The monoisotopic (exact) mass is 277 g/mol. The van der Waals surface area contributed by atoms with E-state index in [2.05, 4.69) is 42.2 Å². The third-order valence-electron chi connectivity index (χ3n) is 3.82. The van der Waals surface area contributed by atoms with Gasteiger partial charge in [0.1, 0.15) is 6.61 Å². The van der Waals surface area contributed by atoms with Crippen LogP contribution in [0.2, 0.25) is 0 Å². The summed E-state index contributed by atoms with van der Waals surface area (Å²) >= 11 is 0. The molecule has 1 aliphatic carbocycles. The summed E-state index contributed by atoms with van der Waals surface area (Å²) in [5, 5.41) is 3.46. The van der Waals surface area contributed by atoms with E-state index in [4.69, 9.17) is 4.74 Å². The Morgan fingerprint density at radius 3 is 2.85 bits per heavy atom. The molecule has 1 unspecified atom stereocenters. The van der Waals surface area contributed by atoms with Crippen molar-refractivity contribution in [3.8, 4) is 5.88 Å². The molecule has 112 valence electrons. The molecule has 0 aliphatic heterocycles. The van der Waals surface area contributed by atoms with Gasteiger partial charge in [-0.05, 0) is 45.3 Å². The van der Waals surface area contributed by atoms with Crippen molar-refractivity contribution in [2.24, 2.45) is 0 Å². The lowest BCUT2D eigenvalue weighted by molar-refractivity contribution is 0.226. The van der Waals surface area contributed by atoms with E-state index in [1.54, 1.807) is 0 Å². The Morgan fingerprint density at radius 2 is 2.25 bits per heavy atom. The van der Waals surface area contributed by atoms with Crippen molar-refractivity contribution in [2.45, 2.75) is 45.2 Å². The largest absolute Gasteiger partial charge is 0.476 e. The maximum Gasteiger partial charge on any atom is 0.213 e. The van der Waals surface area contributed by atoms with Crippen LogP contribution < -0.4 is 10.1 Å². The minimum Gasteiger partial charge on any atom is -0.476 e. The maximum absolute atomic E-state index is 5.70. The smallest absolute Gasteiger partial charge is 0.213 e. The van der Waals surface area contributed by atoms with Gasteiger partial charge in [0.25, 0.3) is 0 Å². The van der Waals surface area contributed by atoms with E-state index in [1.807, 2.05) is 12.3 Å². The van der Waals surface area contributed by atoms with Crippen LogP contribution in [-0.4, -0.2) is 42.7 Å². The lowest BCUT2D eigenvalue weighted by Crippen LogP contribution is -2.26. The molecule has 0 saturated heterocycles. The number of rotatable bonds is 9. The second-order valence-electron chi connectivity index (χ2n) is 5.67. The fourth-order valence-corrected chi connectivity index (χ4v) is 2.20. The first-order valence-corrected chi connectivity index (χ1v) is 7.73. The van der Waals surface area contributed by atoms with Crippen molar-refractivity contribution in [2.75, 3.05) is 26.7 Å². The average molecular weight is 277 g/mol. The number of ether oxygens (including phenoxy) is 1. The fraction of sp³-hybridized carbons (Fsp3) is 0.688. The molecule has 1 fully saturated rings. The molecule has 4 nitrogen and oxygen atoms in total. The van der Waals surface area contributed by atoms with Crippen LogP contribution in [0.3, 0.4) is 0 Å². The number of hydrogen-bond donors (Lipinski definition) is 1. The van der Waals surface area contributed by atoms with E-state index < -0.39 is 0 Å². The van der Waals surface area contributed by atoms with Gasteiger partial charge in [-0.3, -0.25) is 0 Å². The molecule has 1 saturated carbocycles. The van der Waals surface area contributed by atoms with Gasteiger partial charge in [-0.1, -0.05) is 13.0 Å². The van der Waals surface area contributed by atoms with Crippen molar-refractivity contribution in [3.63, 3.8) is 0 Å². The van der Waals surface area contributed by atoms with Gasteiger partial charge in [0.15, 0.2) is 0 Å². The molecule has 1 aliphatic rings. The standard InChI is InChI=1S/C16H27N3O/c1-4-9-17-13(2)14-5-8-16(18-12-14)20-11-10-19(3)15-6-7-15/h5,8,12-13,15,17H,4,6-7,9-11H2,1-3H3. The van der Waals surface area contributed by atoms with Crippen LogP contribution in [0.25, 0.3) is 0 Å². The molecule has 1 N–H and O–H groups in total. The molecule has 0 bridgehead atoms. The van der Waals surface area contributed by atoms with E-state index in [-0.39, 0.29) is 0 Å². The van der Waals surface area contributed by atoms with Crippen LogP contribution in [0.15, 0.2) is 18.3 Å². The van der Waals surface area contributed by atoms with Gasteiger partial charge in [-0.15, -0.1) is 0 Å². The van der Waals surface area contributed by atoms with Gasteiger partial charge in [0.2, 0.25) is 5.88 Å². The first-order chi connectivity index (χ1) is 9.70. The number of hydrogen-bond acceptors (Lipinski definition) is 4. The Balaban J connectivity index is 1.72. The molecule has 2 rings (SSSR count). The first-order valence-electron chi connectivity index (χ1n) is 7.73. The van der Waals surface area contributed by atoms with Gasteiger partial charge >= 0.3 is 0 Å². The summed E-state index contributed by atoms with van der Waals surface area (Å²) in [5.41, 5.74) is 1.21. The van der Waals surface area contributed by atoms with E-state index in [9.17, 15) is 0 Å². The van der Waals surface area contributed by atoms with Gasteiger partial charge < -0.3 is 15.0 Å². The highest BCUT2D eigenvalue weighted by Gasteiger charge is 2.25. The van der Waals surface area contributed by atoms with E-state index in [0.717, 1.165) is 31.4 Å². The molecule has 0 radical (unpaired) electrons. The quantitative estimate of drug-likeness (QED) is 0.753. The molecule has 1 aromatic rings. The Hall–Kier alpha value is -1.13. The molecule has 20 heavy (non-hydrogen) atoms. The van der Waals surface area contributed by atoms with Gasteiger partial charge in [0, 0.05) is 30.9 Å². The minimum absolute atomic E-state index is 0.345. The van der Waals surface area contributed by atoms with Crippen molar-refractivity contribution >= 4 is 0 Å². The molecule has 1 aromatic heterocycles. The molecule has 4 heteroatoms. The van der Waals surface area contributed by atoms with Crippen LogP contribution in [0.5, 0.6) is 5.88 Å².